The van der Waals surface area contributed by atoms with E-state index in [-0.39, 0.29) is 24.0 Å². The zero-order valence-corrected chi connectivity index (χ0v) is 15.0. The monoisotopic (exact) mass is 418 g/mol. The lowest BCUT2D eigenvalue weighted by Crippen LogP contribution is -2.22. The highest BCUT2D eigenvalue weighted by molar-refractivity contribution is 5.86. The minimum atomic E-state index is -4.97. The van der Waals surface area contributed by atoms with Gasteiger partial charge in [-0.1, -0.05) is 12.1 Å². The number of aromatic nitrogens is 1. The number of furan rings is 1. The Bertz CT molecular complexity index is 1010. The van der Waals surface area contributed by atoms with Crippen molar-refractivity contribution in [3.8, 4) is 0 Å². The highest BCUT2D eigenvalue weighted by Crippen LogP contribution is 2.38. The van der Waals surface area contributed by atoms with E-state index in [2.05, 4.69) is 10.3 Å². The lowest BCUT2D eigenvalue weighted by Gasteiger charge is -2.19. The molecule has 2 N–H and O–H groups in total. The van der Waals surface area contributed by atoms with Crippen LogP contribution in [0.3, 0.4) is 0 Å². The summed E-state index contributed by atoms with van der Waals surface area (Å²) in [6.07, 6.45) is -9.89. The van der Waals surface area contributed by atoms with Gasteiger partial charge in [-0.3, -0.25) is 0 Å². The Labute approximate surface area is 161 Å². The highest BCUT2D eigenvalue weighted by atomic mass is 19.4. The average molecular weight is 418 g/mol. The van der Waals surface area contributed by atoms with Gasteiger partial charge in [0.25, 0.3) is 0 Å². The van der Waals surface area contributed by atoms with E-state index in [1.165, 1.54) is 12.3 Å². The molecule has 0 radical (unpaired) electrons. The number of halogens is 6. The average Bonchev–Trinajstić information content (AvgIpc) is 3.03. The van der Waals surface area contributed by atoms with Crippen LogP contribution in [0.2, 0.25) is 0 Å². The lowest BCUT2D eigenvalue weighted by atomic mass is 9.99. The number of para-hydroxylation sites is 1. The Morgan fingerprint density at radius 1 is 1.10 bits per heavy atom. The zero-order chi connectivity index (χ0) is 21.4. The number of pyridine rings is 1. The van der Waals surface area contributed by atoms with E-state index in [1.807, 2.05) is 0 Å². The number of rotatable bonds is 5. The topological polar surface area (TPSA) is 58.3 Å². The Morgan fingerprint density at radius 2 is 1.83 bits per heavy atom. The number of hydrogen-bond acceptors (Lipinski definition) is 4. The van der Waals surface area contributed by atoms with Gasteiger partial charge in [0.15, 0.2) is 0 Å². The van der Waals surface area contributed by atoms with Crippen molar-refractivity contribution in [1.82, 2.24) is 10.3 Å². The molecule has 2 heterocycles. The van der Waals surface area contributed by atoms with E-state index >= 15 is 0 Å². The molecule has 10 heteroatoms. The van der Waals surface area contributed by atoms with Gasteiger partial charge < -0.3 is 14.8 Å². The summed E-state index contributed by atoms with van der Waals surface area (Å²) >= 11 is 0. The molecule has 0 aliphatic carbocycles. The fourth-order valence-electron chi connectivity index (χ4n) is 2.97. The van der Waals surface area contributed by atoms with Gasteiger partial charge in [-0.2, -0.15) is 26.3 Å². The van der Waals surface area contributed by atoms with Crippen molar-refractivity contribution < 1.29 is 35.9 Å². The van der Waals surface area contributed by atoms with Gasteiger partial charge in [0.2, 0.25) is 0 Å². The van der Waals surface area contributed by atoms with E-state index in [4.69, 9.17) is 4.42 Å². The normalized spacial score (nSPS) is 13.8. The van der Waals surface area contributed by atoms with Crippen LogP contribution in [0.4, 0.5) is 26.3 Å². The third-order valence-electron chi connectivity index (χ3n) is 4.45. The molecule has 0 spiro atoms. The van der Waals surface area contributed by atoms with Gasteiger partial charge in [0.1, 0.15) is 11.5 Å². The summed E-state index contributed by atoms with van der Waals surface area (Å²) < 4.78 is 84.6. The molecule has 2 aromatic heterocycles. The van der Waals surface area contributed by atoms with Crippen molar-refractivity contribution in [2.24, 2.45) is 0 Å². The first-order valence-electron chi connectivity index (χ1n) is 8.48. The van der Waals surface area contributed by atoms with Crippen molar-refractivity contribution in [3.63, 3.8) is 0 Å². The van der Waals surface area contributed by atoms with E-state index < -0.39 is 35.2 Å². The number of benzene rings is 1. The van der Waals surface area contributed by atoms with Gasteiger partial charge in [0.05, 0.1) is 23.4 Å². The second-order valence-corrected chi connectivity index (χ2v) is 6.44. The number of aryl methyl sites for hydroxylation is 1. The van der Waals surface area contributed by atoms with E-state index in [1.54, 1.807) is 13.0 Å². The molecule has 3 rings (SSSR count). The molecule has 156 valence electrons. The second-order valence-electron chi connectivity index (χ2n) is 6.44. The Morgan fingerprint density at radius 3 is 2.41 bits per heavy atom. The molecular formula is C19H16F6N2O2. The molecule has 1 aromatic carbocycles. The molecule has 0 saturated carbocycles. The number of aliphatic hydroxyl groups excluding tert-OH is 1. The Hall–Kier alpha value is -2.59. The summed E-state index contributed by atoms with van der Waals surface area (Å²) in [6.45, 7) is 1.80. The van der Waals surface area contributed by atoms with Crippen LogP contribution < -0.4 is 5.32 Å². The molecule has 1 atom stereocenters. The summed E-state index contributed by atoms with van der Waals surface area (Å²) in [4.78, 5) is 3.20. The maximum Gasteiger partial charge on any atom is 0.433 e. The molecule has 0 fully saturated rings. The maximum atomic E-state index is 13.3. The van der Waals surface area contributed by atoms with Crippen molar-refractivity contribution in [3.05, 3.63) is 64.7 Å². The minimum absolute atomic E-state index is 0.183. The van der Waals surface area contributed by atoms with Crippen LogP contribution in [-0.4, -0.2) is 16.6 Å². The highest BCUT2D eigenvalue weighted by Gasteiger charge is 2.37. The number of aliphatic hydroxyl groups is 1. The van der Waals surface area contributed by atoms with Gasteiger partial charge in [0, 0.05) is 24.0 Å². The van der Waals surface area contributed by atoms with Crippen LogP contribution in [0.25, 0.3) is 10.9 Å². The molecule has 0 aliphatic heterocycles. The van der Waals surface area contributed by atoms with Crippen LogP contribution in [0, 0.1) is 6.92 Å². The van der Waals surface area contributed by atoms with Gasteiger partial charge in [-0.25, -0.2) is 4.98 Å². The number of alkyl halides is 6. The van der Waals surface area contributed by atoms with Crippen LogP contribution in [-0.2, 0) is 18.9 Å². The predicted octanol–water partition coefficient (Wildman–Crippen LogP) is 5.00. The lowest BCUT2D eigenvalue weighted by molar-refractivity contribution is -0.142. The molecular weight excluding hydrogens is 402 g/mol. The van der Waals surface area contributed by atoms with Crippen LogP contribution >= 0.6 is 0 Å². The van der Waals surface area contributed by atoms with E-state index in [9.17, 15) is 31.4 Å². The first-order valence-corrected chi connectivity index (χ1v) is 8.48. The van der Waals surface area contributed by atoms with Crippen molar-refractivity contribution in [2.75, 3.05) is 6.54 Å². The fourth-order valence-corrected chi connectivity index (χ4v) is 2.97. The van der Waals surface area contributed by atoms with E-state index in [0.717, 1.165) is 11.6 Å². The number of hydrogen-bond donors (Lipinski definition) is 2. The first-order chi connectivity index (χ1) is 13.5. The number of nitrogens with one attached hydrogen (secondary N) is 1. The maximum absolute atomic E-state index is 13.3. The quantitative estimate of drug-likeness (QED) is 0.573. The van der Waals surface area contributed by atoms with Gasteiger partial charge in [-0.15, -0.1) is 0 Å². The third kappa shape index (κ3) is 4.54. The van der Waals surface area contributed by atoms with Crippen LogP contribution in [0.15, 0.2) is 41.0 Å². The predicted molar refractivity (Wildman–Crippen MR) is 91.9 cm³/mol. The number of fused-ring (bicyclic) bond motifs is 1. The van der Waals surface area contributed by atoms with Crippen molar-refractivity contribution >= 4 is 10.9 Å². The Kier molecular flexibility index (Phi) is 5.59. The van der Waals surface area contributed by atoms with Crippen LogP contribution in [0.5, 0.6) is 0 Å². The molecule has 0 aliphatic rings. The molecule has 4 nitrogen and oxygen atoms in total. The standard InChI is InChI=1S/C19H16F6N2O2/c1-10-11(5-6-29-10)8-26-9-15(28)13-7-16(19(23,24)25)27-17-12(13)3-2-4-14(17)18(20,21)22/h2-7,15,26,28H,8-9H2,1H3. The summed E-state index contributed by atoms with van der Waals surface area (Å²) in [7, 11) is 0. The molecule has 0 amide bonds. The van der Waals surface area contributed by atoms with Gasteiger partial charge >= 0.3 is 12.4 Å². The van der Waals surface area contributed by atoms with Crippen molar-refractivity contribution in [1.29, 1.82) is 0 Å². The molecule has 3 aromatic rings. The summed E-state index contributed by atoms with van der Waals surface area (Å²) in [5.41, 5.74) is -3.15. The zero-order valence-electron chi connectivity index (χ0n) is 15.0. The second kappa shape index (κ2) is 7.68. The summed E-state index contributed by atoms with van der Waals surface area (Å²) in [6, 6.07) is 5.20. The Balaban J connectivity index is 2.00. The first kappa shape index (κ1) is 21.1. The number of nitrogens with zero attached hydrogens (tertiary/aromatic N) is 1. The summed E-state index contributed by atoms with van der Waals surface area (Å²) in [5.74, 6) is 0.635. The molecule has 0 bridgehead atoms. The smallest absolute Gasteiger partial charge is 0.433 e. The fraction of sp³-hybridized carbons (Fsp3) is 0.316. The molecule has 29 heavy (non-hydrogen) atoms. The van der Waals surface area contributed by atoms with E-state index in [0.29, 0.717) is 17.9 Å². The molecule has 0 saturated heterocycles. The summed E-state index contributed by atoms with van der Waals surface area (Å²) in [5, 5.41) is 13.1. The minimum Gasteiger partial charge on any atom is -0.469 e. The van der Waals surface area contributed by atoms with Gasteiger partial charge in [-0.05, 0) is 30.7 Å². The molecule has 1 unspecified atom stereocenters. The SMILES string of the molecule is Cc1occc1CNCC(O)c1cc(C(F)(F)F)nc2c(C(F)(F)F)cccc12. The third-order valence-corrected chi connectivity index (χ3v) is 4.45. The largest absolute Gasteiger partial charge is 0.469 e. The van der Waals surface area contributed by atoms with Crippen LogP contribution in [0.1, 0.15) is 34.2 Å². The van der Waals surface area contributed by atoms with Crippen molar-refractivity contribution in [2.45, 2.75) is 31.9 Å².